The first-order valence-corrected chi connectivity index (χ1v) is 6.60. The molecule has 1 rings (SSSR count). The van der Waals surface area contributed by atoms with Gasteiger partial charge in [0, 0.05) is 18.6 Å². The highest BCUT2D eigenvalue weighted by molar-refractivity contribution is 6.20. The Morgan fingerprint density at radius 3 is 2.47 bits per heavy atom. The monoisotopic (exact) mass is 282 g/mol. The predicted molar refractivity (Wildman–Crippen MR) is 77.3 cm³/mol. The number of anilines is 1. The van der Waals surface area contributed by atoms with E-state index in [0.717, 1.165) is 5.56 Å². The molecule has 2 amide bonds. The third-order valence-electron chi connectivity index (χ3n) is 2.84. The number of hydrogen-bond acceptors (Lipinski definition) is 2. The number of carbonyl (C=O) groups is 2. The molecule has 0 radical (unpaired) electrons. The van der Waals surface area contributed by atoms with Gasteiger partial charge in [0.05, 0.1) is 11.8 Å². The van der Waals surface area contributed by atoms with E-state index in [-0.39, 0.29) is 24.1 Å². The van der Waals surface area contributed by atoms with Gasteiger partial charge in [0.15, 0.2) is 0 Å². The average molecular weight is 283 g/mol. The van der Waals surface area contributed by atoms with Crippen LogP contribution < -0.4 is 10.6 Å². The molecule has 2 N–H and O–H groups in total. The van der Waals surface area contributed by atoms with Crippen LogP contribution in [0.3, 0.4) is 0 Å². The third-order valence-corrected chi connectivity index (χ3v) is 3.51. The van der Waals surface area contributed by atoms with E-state index in [1.807, 2.05) is 18.2 Å². The predicted octanol–water partition coefficient (Wildman–Crippen LogP) is 2.18. The largest absolute Gasteiger partial charge is 0.359 e. The van der Waals surface area contributed by atoms with Crippen molar-refractivity contribution < 1.29 is 9.59 Å². The Labute approximate surface area is 118 Å². The van der Waals surface area contributed by atoms with E-state index in [9.17, 15) is 9.59 Å². The van der Waals surface area contributed by atoms with E-state index in [0.29, 0.717) is 5.69 Å². The quantitative estimate of drug-likeness (QED) is 0.813. The van der Waals surface area contributed by atoms with E-state index in [4.69, 9.17) is 11.6 Å². The van der Waals surface area contributed by atoms with Crippen molar-refractivity contribution in [2.45, 2.75) is 20.3 Å². The van der Waals surface area contributed by atoms with Crippen LogP contribution in [0.4, 0.5) is 5.69 Å². The van der Waals surface area contributed by atoms with Gasteiger partial charge in [-0.3, -0.25) is 9.59 Å². The SMILES string of the molecule is CNC(=O)Cc1ccccc1NC(=O)C(C)(C)CCl. The van der Waals surface area contributed by atoms with Crippen LogP contribution in [-0.2, 0) is 16.0 Å². The van der Waals surface area contributed by atoms with Gasteiger partial charge in [-0.05, 0) is 25.5 Å². The lowest BCUT2D eigenvalue weighted by Crippen LogP contribution is -2.32. The summed E-state index contributed by atoms with van der Waals surface area (Å²) in [5.74, 6) is -0.0265. The number of benzene rings is 1. The van der Waals surface area contributed by atoms with E-state index in [2.05, 4.69) is 10.6 Å². The minimum absolute atomic E-state index is 0.0988. The van der Waals surface area contributed by atoms with Crippen molar-refractivity contribution in [2.24, 2.45) is 5.41 Å². The Kier molecular flexibility index (Phi) is 5.36. The molecule has 0 atom stereocenters. The first-order valence-electron chi connectivity index (χ1n) is 6.06. The fraction of sp³-hybridized carbons (Fsp3) is 0.429. The van der Waals surface area contributed by atoms with E-state index in [1.165, 1.54) is 0 Å². The second kappa shape index (κ2) is 6.57. The van der Waals surface area contributed by atoms with Crippen LogP contribution >= 0.6 is 11.6 Å². The molecule has 0 bridgehead atoms. The van der Waals surface area contributed by atoms with Gasteiger partial charge in [-0.15, -0.1) is 11.6 Å². The number of halogens is 1. The van der Waals surface area contributed by atoms with Crippen molar-refractivity contribution in [3.05, 3.63) is 29.8 Å². The summed E-state index contributed by atoms with van der Waals surface area (Å²) in [6, 6.07) is 7.25. The van der Waals surface area contributed by atoms with Crippen molar-refractivity contribution in [3.63, 3.8) is 0 Å². The molecule has 0 fully saturated rings. The molecule has 0 aliphatic heterocycles. The first kappa shape index (κ1) is 15.5. The minimum Gasteiger partial charge on any atom is -0.359 e. The van der Waals surface area contributed by atoms with Crippen LogP contribution in [0.2, 0.25) is 0 Å². The molecular weight excluding hydrogens is 264 g/mol. The van der Waals surface area contributed by atoms with E-state index >= 15 is 0 Å². The van der Waals surface area contributed by atoms with Crippen LogP contribution in [0.25, 0.3) is 0 Å². The zero-order valence-corrected chi connectivity index (χ0v) is 12.2. The lowest BCUT2D eigenvalue weighted by Gasteiger charge is -2.21. The highest BCUT2D eigenvalue weighted by Gasteiger charge is 2.27. The number of hydrogen-bond donors (Lipinski definition) is 2. The molecule has 1 aromatic carbocycles. The number of amides is 2. The smallest absolute Gasteiger partial charge is 0.231 e. The van der Waals surface area contributed by atoms with Gasteiger partial charge in [-0.1, -0.05) is 18.2 Å². The highest BCUT2D eigenvalue weighted by Crippen LogP contribution is 2.22. The van der Waals surface area contributed by atoms with Crippen LogP contribution in [0.1, 0.15) is 19.4 Å². The molecule has 0 unspecified atom stereocenters. The maximum absolute atomic E-state index is 12.1. The maximum atomic E-state index is 12.1. The van der Waals surface area contributed by atoms with Gasteiger partial charge in [0.2, 0.25) is 11.8 Å². The van der Waals surface area contributed by atoms with Gasteiger partial charge in [-0.2, -0.15) is 0 Å². The Hall–Kier alpha value is -1.55. The Morgan fingerprint density at radius 1 is 1.26 bits per heavy atom. The number of para-hydroxylation sites is 1. The van der Waals surface area contributed by atoms with Gasteiger partial charge < -0.3 is 10.6 Å². The van der Waals surface area contributed by atoms with E-state index < -0.39 is 5.41 Å². The summed E-state index contributed by atoms with van der Waals surface area (Å²) >= 11 is 5.78. The van der Waals surface area contributed by atoms with Crippen LogP contribution in [0.5, 0.6) is 0 Å². The van der Waals surface area contributed by atoms with Gasteiger partial charge in [-0.25, -0.2) is 0 Å². The summed E-state index contributed by atoms with van der Waals surface area (Å²) in [7, 11) is 1.58. The van der Waals surface area contributed by atoms with Gasteiger partial charge in [0.1, 0.15) is 0 Å². The molecule has 4 nitrogen and oxygen atoms in total. The fourth-order valence-corrected chi connectivity index (χ4v) is 1.53. The number of nitrogens with one attached hydrogen (secondary N) is 2. The van der Waals surface area contributed by atoms with Crippen LogP contribution in [0.15, 0.2) is 24.3 Å². The van der Waals surface area contributed by atoms with E-state index in [1.54, 1.807) is 27.0 Å². The molecule has 104 valence electrons. The molecule has 0 aliphatic carbocycles. The lowest BCUT2D eigenvalue weighted by molar-refractivity contribution is -0.123. The molecule has 0 aliphatic rings. The second-order valence-corrected chi connectivity index (χ2v) is 5.25. The third kappa shape index (κ3) is 4.24. The molecule has 19 heavy (non-hydrogen) atoms. The number of carbonyl (C=O) groups excluding carboxylic acids is 2. The van der Waals surface area contributed by atoms with Crippen LogP contribution in [0, 0.1) is 5.41 Å². The summed E-state index contributed by atoms with van der Waals surface area (Å²) in [6.07, 6.45) is 0.230. The molecule has 0 saturated carbocycles. The molecule has 5 heteroatoms. The van der Waals surface area contributed by atoms with Gasteiger partial charge in [0.25, 0.3) is 0 Å². The molecule has 1 aromatic rings. The van der Waals surface area contributed by atoms with Crippen molar-refractivity contribution >= 4 is 29.1 Å². The number of likely N-dealkylation sites (N-methyl/N-ethyl adjacent to an activating group) is 1. The molecule has 0 spiro atoms. The minimum atomic E-state index is -0.651. The zero-order chi connectivity index (χ0) is 14.5. The maximum Gasteiger partial charge on any atom is 0.231 e. The van der Waals surface area contributed by atoms with Crippen molar-refractivity contribution in [1.82, 2.24) is 5.32 Å². The molecule has 0 saturated heterocycles. The second-order valence-electron chi connectivity index (χ2n) is 4.98. The average Bonchev–Trinajstić information content (AvgIpc) is 2.40. The fourth-order valence-electron chi connectivity index (χ4n) is 1.41. The summed E-state index contributed by atoms with van der Waals surface area (Å²) in [4.78, 5) is 23.5. The van der Waals surface area contributed by atoms with Crippen molar-refractivity contribution in [3.8, 4) is 0 Å². The van der Waals surface area contributed by atoms with Crippen LogP contribution in [-0.4, -0.2) is 24.7 Å². The van der Waals surface area contributed by atoms with Crippen molar-refractivity contribution in [2.75, 3.05) is 18.2 Å². The summed E-state index contributed by atoms with van der Waals surface area (Å²) in [5, 5.41) is 5.39. The lowest BCUT2D eigenvalue weighted by atomic mass is 9.95. The zero-order valence-electron chi connectivity index (χ0n) is 11.4. The first-order chi connectivity index (χ1) is 8.90. The number of alkyl halides is 1. The Balaban J connectivity index is 2.89. The summed E-state index contributed by atoms with van der Waals surface area (Å²) in [6.45, 7) is 3.55. The normalized spacial score (nSPS) is 10.9. The summed E-state index contributed by atoms with van der Waals surface area (Å²) < 4.78 is 0. The Bertz CT molecular complexity index is 472. The van der Waals surface area contributed by atoms with Crippen molar-refractivity contribution in [1.29, 1.82) is 0 Å². The standard InChI is InChI=1S/C14H19ClN2O2/c1-14(2,9-15)13(19)17-11-7-5-4-6-10(11)8-12(18)16-3/h4-7H,8-9H2,1-3H3,(H,16,18)(H,17,19). The Morgan fingerprint density at radius 2 is 1.89 bits per heavy atom. The highest BCUT2D eigenvalue weighted by atomic mass is 35.5. The van der Waals surface area contributed by atoms with Gasteiger partial charge >= 0.3 is 0 Å². The summed E-state index contributed by atoms with van der Waals surface area (Å²) in [5.41, 5.74) is 0.775. The molecular formula is C14H19ClN2O2. The topological polar surface area (TPSA) is 58.2 Å². The number of rotatable bonds is 5. The molecule has 0 aromatic heterocycles. The molecule has 0 heterocycles.